The Kier molecular flexibility index (Phi) is 3.54. The molecule has 2 atom stereocenters. The maximum absolute atomic E-state index is 11.7. The zero-order chi connectivity index (χ0) is 13.9. The summed E-state index contributed by atoms with van der Waals surface area (Å²) >= 11 is 0. The second kappa shape index (κ2) is 5.49. The fourth-order valence-electron chi connectivity index (χ4n) is 2.36. The Balaban J connectivity index is 1.52. The van der Waals surface area contributed by atoms with Gasteiger partial charge >= 0.3 is 0 Å². The highest BCUT2D eigenvalue weighted by atomic mass is 16.2. The van der Waals surface area contributed by atoms with Crippen molar-refractivity contribution in [3.8, 4) is 0 Å². The van der Waals surface area contributed by atoms with Crippen LogP contribution in [0.15, 0.2) is 43.0 Å². The molecule has 4 nitrogen and oxygen atoms in total. The normalized spacial score (nSPS) is 20.6. The van der Waals surface area contributed by atoms with Gasteiger partial charge in [0.2, 0.25) is 5.91 Å². The first-order chi connectivity index (χ1) is 9.72. The lowest BCUT2D eigenvalue weighted by Gasteiger charge is -2.07. The summed E-state index contributed by atoms with van der Waals surface area (Å²) in [5.74, 6) is 1.00. The minimum atomic E-state index is 0.194. The number of imidazole rings is 1. The maximum Gasteiger partial charge on any atom is 0.223 e. The van der Waals surface area contributed by atoms with Crippen molar-refractivity contribution < 1.29 is 4.79 Å². The Labute approximate surface area is 118 Å². The lowest BCUT2D eigenvalue weighted by Crippen LogP contribution is -2.24. The average molecular weight is 269 g/mol. The van der Waals surface area contributed by atoms with Crippen LogP contribution in [0.4, 0.5) is 0 Å². The summed E-state index contributed by atoms with van der Waals surface area (Å²) in [7, 11) is 0. The Bertz CT molecular complexity index is 574. The molecule has 1 aromatic heterocycles. The summed E-state index contributed by atoms with van der Waals surface area (Å²) in [5.41, 5.74) is 2.37. The standard InChI is InChI=1S/C16H19N3O/c1-12-8-15(12)16(20)18-9-13-2-4-14(5-3-13)10-19-7-6-17-11-19/h2-7,11-12,15H,8-10H2,1H3,(H,18,20). The maximum atomic E-state index is 11.7. The topological polar surface area (TPSA) is 46.9 Å². The number of aromatic nitrogens is 2. The Morgan fingerprint density at radius 2 is 2.05 bits per heavy atom. The van der Waals surface area contributed by atoms with Crippen molar-refractivity contribution in [1.82, 2.24) is 14.9 Å². The van der Waals surface area contributed by atoms with E-state index in [4.69, 9.17) is 0 Å². The molecule has 1 heterocycles. The molecule has 0 aliphatic heterocycles. The molecule has 104 valence electrons. The van der Waals surface area contributed by atoms with Crippen molar-refractivity contribution in [2.24, 2.45) is 11.8 Å². The van der Waals surface area contributed by atoms with Gasteiger partial charge in [0.25, 0.3) is 0 Å². The molecule has 0 radical (unpaired) electrons. The number of amides is 1. The van der Waals surface area contributed by atoms with E-state index >= 15 is 0 Å². The Morgan fingerprint density at radius 3 is 2.65 bits per heavy atom. The number of nitrogens with zero attached hydrogens (tertiary/aromatic N) is 2. The molecule has 0 bridgehead atoms. The van der Waals surface area contributed by atoms with Gasteiger partial charge in [-0.25, -0.2) is 4.98 Å². The van der Waals surface area contributed by atoms with Crippen molar-refractivity contribution >= 4 is 5.91 Å². The van der Waals surface area contributed by atoms with Crippen molar-refractivity contribution in [1.29, 1.82) is 0 Å². The number of hydrogen-bond donors (Lipinski definition) is 1. The van der Waals surface area contributed by atoms with Crippen molar-refractivity contribution in [3.63, 3.8) is 0 Å². The molecule has 2 unspecified atom stereocenters. The number of carbonyl (C=O) groups excluding carboxylic acids is 1. The highest BCUT2D eigenvalue weighted by Crippen LogP contribution is 2.37. The molecule has 1 amide bonds. The predicted molar refractivity (Wildman–Crippen MR) is 76.9 cm³/mol. The summed E-state index contributed by atoms with van der Waals surface area (Å²) in [6.45, 7) is 3.56. The van der Waals surface area contributed by atoms with Gasteiger partial charge < -0.3 is 9.88 Å². The molecule has 2 aromatic rings. The van der Waals surface area contributed by atoms with Gasteiger partial charge in [-0.1, -0.05) is 31.2 Å². The van der Waals surface area contributed by atoms with Crippen molar-refractivity contribution in [2.75, 3.05) is 0 Å². The molecule has 0 spiro atoms. The molecular formula is C16H19N3O. The van der Waals surface area contributed by atoms with Crippen LogP contribution in [0.25, 0.3) is 0 Å². The van der Waals surface area contributed by atoms with E-state index in [0.29, 0.717) is 12.5 Å². The van der Waals surface area contributed by atoms with Gasteiger partial charge in [0, 0.05) is 31.4 Å². The van der Waals surface area contributed by atoms with Gasteiger partial charge in [0.1, 0.15) is 0 Å². The smallest absolute Gasteiger partial charge is 0.223 e. The molecule has 1 aromatic carbocycles. The third-order valence-electron chi connectivity index (χ3n) is 3.86. The van der Waals surface area contributed by atoms with Crippen LogP contribution in [0.3, 0.4) is 0 Å². The van der Waals surface area contributed by atoms with Crippen LogP contribution in [0.2, 0.25) is 0 Å². The van der Waals surface area contributed by atoms with Crippen LogP contribution in [0.5, 0.6) is 0 Å². The third kappa shape index (κ3) is 3.07. The van der Waals surface area contributed by atoms with E-state index in [2.05, 4.69) is 41.5 Å². The van der Waals surface area contributed by atoms with E-state index in [1.807, 2.05) is 17.1 Å². The summed E-state index contributed by atoms with van der Waals surface area (Å²) in [5, 5.41) is 3.00. The molecule has 0 saturated heterocycles. The molecule has 1 saturated carbocycles. The monoisotopic (exact) mass is 269 g/mol. The van der Waals surface area contributed by atoms with Crippen LogP contribution >= 0.6 is 0 Å². The highest BCUT2D eigenvalue weighted by Gasteiger charge is 2.38. The fourth-order valence-corrected chi connectivity index (χ4v) is 2.36. The first kappa shape index (κ1) is 12.9. The second-order valence-electron chi connectivity index (χ2n) is 5.59. The van der Waals surface area contributed by atoms with Gasteiger partial charge in [0.15, 0.2) is 0 Å². The molecule has 1 N–H and O–H groups in total. The summed E-state index contributed by atoms with van der Waals surface area (Å²) < 4.78 is 2.03. The molecule has 1 aliphatic rings. The van der Waals surface area contributed by atoms with E-state index in [1.54, 1.807) is 6.20 Å². The first-order valence-electron chi connectivity index (χ1n) is 7.03. The number of benzene rings is 1. The van der Waals surface area contributed by atoms with Crippen molar-refractivity contribution in [2.45, 2.75) is 26.4 Å². The van der Waals surface area contributed by atoms with Gasteiger partial charge in [-0.05, 0) is 23.5 Å². The number of carbonyl (C=O) groups is 1. The zero-order valence-electron chi connectivity index (χ0n) is 11.6. The SMILES string of the molecule is CC1CC1C(=O)NCc1ccc(Cn2ccnc2)cc1. The lowest BCUT2D eigenvalue weighted by atomic mass is 10.1. The molecule has 20 heavy (non-hydrogen) atoms. The van der Waals surface area contributed by atoms with Gasteiger partial charge in [-0.2, -0.15) is 0 Å². The highest BCUT2D eigenvalue weighted by molar-refractivity contribution is 5.81. The number of nitrogens with one attached hydrogen (secondary N) is 1. The van der Waals surface area contributed by atoms with Crippen LogP contribution in [-0.2, 0) is 17.9 Å². The van der Waals surface area contributed by atoms with Gasteiger partial charge in [-0.3, -0.25) is 4.79 Å². The number of hydrogen-bond acceptors (Lipinski definition) is 2. The van der Waals surface area contributed by atoms with E-state index in [-0.39, 0.29) is 11.8 Å². The van der Waals surface area contributed by atoms with Crippen LogP contribution in [0.1, 0.15) is 24.5 Å². The fraction of sp³-hybridized carbons (Fsp3) is 0.375. The predicted octanol–water partition coefficient (Wildman–Crippen LogP) is 2.20. The summed E-state index contributed by atoms with van der Waals surface area (Å²) in [4.78, 5) is 15.8. The quantitative estimate of drug-likeness (QED) is 0.904. The second-order valence-corrected chi connectivity index (χ2v) is 5.59. The van der Waals surface area contributed by atoms with Gasteiger partial charge in [0.05, 0.1) is 6.33 Å². The van der Waals surface area contributed by atoms with Crippen LogP contribution in [-0.4, -0.2) is 15.5 Å². The molecular weight excluding hydrogens is 250 g/mol. The lowest BCUT2D eigenvalue weighted by molar-refractivity contribution is -0.122. The summed E-state index contributed by atoms with van der Waals surface area (Å²) in [6, 6.07) is 8.34. The first-order valence-corrected chi connectivity index (χ1v) is 7.03. The van der Waals surface area contributed by atoms with Crippen LogP contribution in [0, 0.1) is 11.8 Å². The molecule has 3 rings (SSSR count). The zero-order valence-corrected chi connectivity index (χ0v) is 11.6. The molecule has 4 heteroatoms. The number of rotatable bonds is 5. The summed E-state index contributed by atoms with van der Waals surface area (Å²) in [6.07, 6.45) is 6.58. The minimum absolute atomic E-state index is 0.194. The largest absolute Gasteiger partial charge is 0.352 e. The van der Waals surface area contributed by atoms with Crippen molar-refractivity contribution in [3.05, 3.63) is 54.1 Å². The molecule has 1 aliphatic carbocycles. The van der Waals surface area contributed by atoms with E-state index in [1.165, 1.54) is 5.56 Å². The van der Waals surface area contributed by atoms with E-state index in [0.717, 1.165) is 18.5 Å². The Hall–Kier alpha value is -2.10. The minimum Gasteiger partial charge on any atom is -0.352 e. The third-order valence-corrected chi connectivity index (χ3v) is 3.86. The Morgan fingerprint density at radius 1 is 1.35 bits per heavy atom. The molecule has 1 fully saturated rings. The average Bonchev–Trinajstić information content (AvgIpc) is 2.98. The van der Waals surface area contributed by atoms with Gasteiger partial charge in [-0.15, -0.1) is 0 Å². The van der Waals surface area contributed by atoms with E-state index in [9.17, 15) is 4.79 Å². The van der Waals surface area contributed by atoms with E-state index < -0.39 is 0 Å². The van der Waals surface area contributed by atoms with Crippen LogP contribution < -0.4 is 5.32 Å².